The van der Waals surface area contributed by atoms with E-state index in [1.807, 2.05) is 6.08 Å². The standard InChI is InChI=1S/C26H29F3N2O4S/c1-25(2,3)21(24(33)34)31-22(32)17-11-12-18-19(30-23(36-18)15-5-4-6-15)20(17)35-13-14-7-9-16(10-8-14)26(27,28)29/h7-12,15,18-19,21H,4-6,13H2,1-3H3,(H,31,32)(H,33,34)/t18?,19?,21-/m1/s1. The summed E-state index contributed by atoms with van der Waals surface area (Å²) >= 11 is 1.64. The molecule has 0 bridgehead atoms. The first kappa shape index (κ1) is 26.3. The van der Waals surface area contributed by atoms with Crippen LogP contribution in [0, 0.1) is 11.3 Å². The molecule has 3 aliphatic rings. The fourth-order valence-electron chi connectivity index (χ4n) is 4.25. The van der Waals surface area contributed by atoms with Crippen molar-refractivity contribution in [2.75, 3.05) is 0 Å². The summed E-state index contributed by atoms with van der Waals surface area (Å²) < 4.78 is 44.8. The van der Waals surface area contributed by atoms with Crippen LogP contribution in [-0.2, 0) is 27.1 Å². The minimum Gasteiger partial charge on any atom is -0.490 e. The average Bonchev–Trinajstić information content (AvgIpc) is 3.16. The summed E-state index contributed by atoms with van der Waals surface area (Å²) in [6.07, 6.45) is 2.37. The third kappa shape index (κ3) is 5.63. The second-order valence-electron chi connectivity index (χ2n) is 10.4. The molecule has 10 heteroatoms. The Morgan fingerprint density at radius 2 is 1.86 bits per heavy atom. The van der Waals surface area contributed by atoms with Gasteiger partial charge in [-0.15, -0.1) is 11.8 Å². The van der Waals surface area contributed by atoms with E-state index in [4.69, 9.17) is 9.73 Å². The Kier molecular flexibility index (Phi) is 7.28. The number of halogens is 3. The highest BCUT2D eigenvalue weighted by molar-refractivity contribution is 8.15. The molecule has 36 heavy (non-hydrogen) atoms. The summed E-state index contributed by atoms with van der Waals surface area (Å²) in [6.45, 7) is 5.11. The van der Waals surface area contributed by atoms with Crippen LogP contribution in [0.2, 0.25) is 0 Å². The van der Waals surface area contributed by atoms with Crippen molar-refractivity contribution in [1.29, 1.82) is 0 Å². The molecule has 4 rings (SSSR count). The number of carbonyl (C=O) groups excluding carboxylic acids is 1. The number of thioether (sulfide) groups is 1. The molecule has 0 aromatic heterocycles. The Hall–Kier alpha value is -2.75. The molecule has 2 aliphatic carbocycles. The van der Waals surface area contributed by atoms with Gasteiger partial charge in [0.05, 0.1) is 21.4 Å². The maximum atomic E-state index is 13.3. The molecule has 2 unspecified atom stereocenters. The SMILES string of the molecule is CC(C)(C)[C@H](NC(=O)C1=C(OCc2ccc(C(F)(F)F)cc2)C2N=C(C3CCC3)SC2C=C1)C(=O)O. The Labute approximate surface area is 212 Å². The number of rotatable bonds is 7. The van der Waals surface area contributed by atoms with Crippen LogP contribution >= 0.6 is 11.8 Å². The lowest BCUT2D eigenvalue weighted by Gasteiger charge is -2.29. The number of ether oxygens (including phenoxy) is 1. The summed E-state index contributed by atoms with van der Waals surface area (Å²) in [6, 6.07) is 3.07. The summed E-state index contributed by atoms with van der Waals surface area (Å²) in [5, 5.41) is 13.2. The molecule has 1 amide bonds. The van der Waals surface area contributed by atoms with Gasteiger partial charge < -0.3 is 15.2 Å². The quantitative estimate of drug-likeness (QED) is 0.505. The Balaban J connectivity index is 1.61. The first-order valence-electron chi connectivity index (χ1n) is 11.8. The molecule has 0 saturated heterocycles. The monoisotopic (exact) mass is 522 g/mol. The second kappa shape index (κ2) is 9.95. The number of carboxylic acids is 1. The van der Waals surface area contributed by atoms with Crippen molar-refractivity contribution in [2.24, 2.45) is 16.3 Å². The molecule has 3 atom stereocenters. The molecular formula is C26H29F3N2O4S. The van der Waals surface area contributed by atoms with Crippen molar-refractivity contribution in [3.63, 3.8) is 0 Å². The number of benzene rings is 1. The lowest BCUT2D eigenvalue weighted by atomic mass is 9.86. The highest BCUT2D eigenvalue weighted by Gasteiger charge is 2.42. The van der Waals surface area contributed by atoms with E-state index in [2.05, 4.69) is 5.32 Å². The molecule has 1 aliphatic heterocycles. The largest absolute Gasteiger partial charge is 0.490 e. The molecule has 194 valence electrons. The zero-order chi connectivity index (χ0) is 26.3. The summed E-state index contributed by atoms with van der Waals surface area (Å²) in [5.41, 5.74) is -0.801. The summed E-state index contributed by atoms with van der Waals surface area (Å²) in [5.74, 6) is -1.03. The maximum Gasteiger partial charge on any atom is 0.416 e. The zero-order valence-electron chi connectivity index (χ0n) is 20.3. The minimum absolute atomic E-state index is 0.0537. The van der Waals surface area contributed by atoms with Crippen LogP contribution < -0.4 is 5.32 Å². The van der Waals surface area contributed by atoms with Crippen LogP contribution in [0.1, 0.15) is 51.2 Å². The van der Waals surface area contributed by atoms with Gasteiger partial charge in [-0.3, -0.25) is 9.79 Å². The van der Waals surface area contributed by atoms with Crippen molar-refractivity contribution in [2.45, 2.75) is 70.2 Å². The van der Waals surface area contributed by atoms with Crippen LogP contribution in [-0.4, -0.2) is 39.4 Å². The number of carbonyl (C=O) groups is 2. The van der Waals surface area contributed by atoms with Crippen LogP contribution in [0.15, 0.2) is 52.7 Å². The number of hydrogen-bond donors (Lipinski definition) is 2. The van der Waals surface area contributed by atoms with Gasteiger partial charge in [-0.1, -0.05) is 45.4 Å². The first-order valence-corrected chi connectivity index (χ1v) is 12.7. The predicted octanol–water partition coefficient (Wildman–Crippen LogP) is 5.34. The molecule has 1 aromatic carbocycles. The smallest absolute Gasteiger partial charge is 0.416 e. The highest BCUT2D eigenvalue weighted by atomic mass is 32.2. The molecule has 0 spiro atoms. The molecule has 1 saturated carbocycles. The number of aliphatic imine (C=N–C) groups is 1. The number of nitrogens with zero attached hydrogens (tertiary/aromatic N) is 1. The lowest BCUT2D eigenvalue weighted by molar-refractivity contribution is -0.144. The van der Waals surface area contributed by atoms with Crippen molar-refractivity contribution < 1.29 is 32.6 Å². The number of carboxylic acid groups (broad SMARTS) is 1. The van der Waals surface area contributed by atoms with Crippen LogP contribution in [0.4, 0.5) is 13.2 Å². The van der Waals surface area contributed by atoms with E-state index >= 15 is 0 Å². The molecule has 6 nitrogen and oxygen atoms in total. The zero-order valence-corrected chi connectivity index (χ0v) is 21.1. The molecule has 1 aromatic rings. The van der Waals surface area contributed by atoms with Crippen LogP contribution in [0.5, 0.6) is 0 Å². The Bertz CT molecular complexity index is 1120. The lowest BCUT2D eigenvalue weighted by Crippen LogP contribution is -2.49. The van der Waals surface area contributed by atoms with Crippen molar-refractivity contribution in [3.05, 3.63) is 58.9 Å². The Morgan fingerprint density at radius 1 is 1.19 bits per heavy atom. The van der Waals surface area contributed by atoms with E-state index < -0.39 is 41.1 Å². The van der Waals surface area contributed by atoms with E-state index in [-0.39, 0.29) is 17.4 Å². The van der Waals surface area contributed by atoms with Crippen LogP contribution in [0.25, 0.3) is 0 Å². The van der Waals surface area contributed by atoms with E-state index in [1.54, 1.807) is 38.6 Å². The third-order valence-electron chi connectivity index (χ3n) is 6.58. The highest BCUT2D eigenvalue weighted by Crippen LogP contribution is 2.43. The number of nitrogens with one attached hydrogen (secondary N) is 1. The van der Waals surface area contributed by atoms with Crippen LogP contribution in [0.3, 0.4) is 0 Å². The van der Waals surface area contributed by atoms with E-state index in [9.17, 15) is 27.9 Å². The first-order chi connectivity index (χ1) is 16.8. The number of fused-ring (bicyclic) bond motifs is 1. The number of alkyl halides is 3. The van der Waals surface area contributed by atoms with Gasteiger partial charge in [0.1, 0.15) is 24.4 Å². The predicted molar refractivity (Wildman–Crippen MR) is 131 cm³/mol. The number of amides is 1. The molecule has 2 N–H and O–H groups in total. The fraction of sp³-hybridized carbons (Fsp3) is 0.500. The van der Waals surface area contributed by atoms with Crippen molar-refractivity contribution in [1.82, 2.24) is 5.32 Å². The third-order valence-corrected chi connectivity index (χ3v) is 7.95. The molecule has 1 heterocycles. The van der Waals surface area contributed by atoms with Gasteiger partial charge >= 0.3 is 12.1 Å². The van der Waals surface area contributed by atoms with Gasteiger partial charge in [-0.05, 0) is 42.0 Å². The van der Waals surface area contributed by atoms with Gasteiger partial charge in [0, 0.05) is 5.92 Å². The van der Waals surface area contributed by atoms with Gasteiger partial charge in [0.2, 0.25) is 0 Å². The average molecular weight is 523 g/mol. The van der Waals surface area contributed by atoms with Gasteiger partial charge in [-0.25, -0.2) is 4.79 Å². The number of aliphatic carboxylic acids is 1. The molecule has 0 radical (unpaired) electrons. The van der Waals surface area contributed by atoms with Gasteiger partial charge in [0.15, 0.2) is 0 Å². The molecular weight excluding hydrogens is 493 g/mol. The summed E-state index contributed by atoms with van der Waals surface area (Å²) in [7, 11) is 0. The maximum absolute atomic E-state index is 13.3. The van der Waals surface area contributed by atoms with E-state index in [0.29, 0.717) is 17.2 Å². The second-order valence-corrected chi connectivity index (χ2v) is 11.6. The minimum atomic E-state index is -4.43. The topological polar surface area (TPSA) is 88.0 Å². The number of hydrogen-bond acceptors (Lipinski definition) is 5. The van der Waals surface area contributed by atoms with Gasteiger partial charge in [-0.2, -0.15) is 13.2 Å². The van der Waals surface area contributed by atoms with E-state index in [1.165, 1.54) is 12.1 Å². The van der Waals surface area contributed by atoms with Crippen molar-refractivity contribution in [3.8, 4) is 0 Å². The fourth-order valence-corrected chi connectivity index (χ4v) is 5.60. The van der Waals surface area contributed by atoms with Crippen molar-refractivity contribution >= 4 is 28.7 Å². The summed E-state index contributed by atoms with van der Waals surface area (Å²) in [4.78, 5) is 29.9. The van der Waals surface area contributed by atoms with E-state index in [0.717, 1.165) is 36.4 Å². The normalized spacial score (nSPS) is 23.0. The molecule has 1 fully saturated rings. The Morgan fingerprint density at radius 3 is 2.39 bits per heavy atom. The van der Waals surface area contributed by atoms with Gasteiger partial charge in [0.25, 0.3) is 5.91 Å².